The van der Waals surface area contributed by atoms with Crippen molar-refractivity contribution in [1.82, 2.24) is 24.9 Å². The summed E-state index contributed by atoms with van der Waals surface area (Å²) in [6.45, 7) is 5.42. The van der Waals surface area contributed by atoms with E-state index < -0.39 is 0 Å². The summed E-state index contributed by atoms with van der Waals surface area (Å²) in [5.41, 5.74) is 3.47. The van der Waals surface area contributed by atoms with Gasteiger partial charge in [-0.25, -0.2) is 4.68 Å². The Hall–Kier alpha value is -3.52. The summed E-state index contributed by atoms with van der Waals surface area (Å²) in [4.78, 5) is 9.29. The van der Waals surface area contributed by atoms with Crippen molar-refractivity contribution in [2.24, 2.45) is 4.99 Å². The van der Waals surface area contributed by atoms with Crippen molar-refractivity contribution in [2.45, 2.75) is 13.1 Å². The maximum absolute atomic E-state index is 5.44. The molecule has 1 N–H and O–H groups in total. The van der Waals surface area contributed by atoms with Gasteiger partial charge in [-0.3, -0.25) is 9.89 Å². The summed E-state index contributed by atoms with van der Waals surface area (Å²) >= 11 is 0. The molecule has 0 saturated carbocycles. The minimum absolute atomic E-state index is 0.716. The largest absolute Gasteiger partial charge is 0.493 e. The van der Waals surface area contributed by atoms with E-state index in [1.807, 2.05) is 30.1 Å². The third kappa shape index (κ3) is 5.64. The average Bonchev–Trinajstić information content (AvgIpc) is 3.41. The van der Waals surface area contributed by atoms with E-state index in [1.54, 1.807) is 20.4 Å². The number of hydrogen-bond donors (Lipinski definition) is 1. The molecule has 0 unspecified atom stereocenters. The van der Waals surface area contributed by atoms with Crippen LogP contribution in [0, 0.1) is 0 Å². The number of methoxy groups -OCH3 is 2. The molecule has 1 aromatic heterocycles. The molecule has 1 aliphatic rings. The molecule has 0 radical (unpaired) electrons. The quantitative estimate of drug-likeness (QED) is 0.443. The van der Waals surface area contributed by atoms with E-state index in [1.165, 1.54) is 11.1 Å². The lowest BCUT2D eigenvalue weighted by atomic mass is 10.1. The molecule has 1 fully saturated rings. The summed E-state index contributed by atoms with van der Waals surface area (Å²) in [7, 11) is 5.18. The molecule has 174 valence electrons. The van der Waals surface area contributed by atoms with Crippen LogP contribution in [0.25, 0.3) is 5.69 Å². The summed E-state index contributed by atoms with van der Waals surface area (Å²) in [6, 6.07) is 16.4. The maximum atomic E-state index is 5.44. The van der Waals surface area contributed by atoms with Crippen molar-refractivity contribution in [3.05, 3.63) is 72.1 Å². The first-order chi connectivity index (χ1) is 16.2. The highest BCUT2D eigenvalue weighted by Gasteiger charge is 2.20. The standard InChI is InChI=1S/C25H32N6O2/c1-26-25(27-18-20-6-4-7-22(16-20)31-11-5-10-28-31)30-14-12-29(13-15-30)19-21-8-9-23(32-2)24(17-21)33-3/h4-11,16-17H,12-15,18-19H2,1-3H3,(H,26,27). The molecule has 1 aliphatic heterocycles. The van der Waals surface area contributed by atoms with Crippen molar-refractivity contribution in [3.63, 3.8) is 0 Å². The van der Waals surface area contributed by atoms with Gasteiger partial charge in [-0.05, 0) is 41.5 Å². The van der Waals surface area contributed by atoms with Crippen molar-refractivity contribution < 1.29 is 9.47 Å². The fraction of sp³-hybridized carbons (Fsp3) is 0.360. The van der Waals surface area contributed by atoms with Crippen LogP contribution in [-0.4, -0.2) is 73.0 Å². The van der Waals surface area contributed by atoms with Crippen molar-refractivity contribution >= 4 is 5.96 Å². The lowest BCUT2D eigenvalue weighted by Crippen LogP contribution is -2.52. The molecule has 2 heterocycles. The van der Waals surface area contributed by atoms with E-state index in [0.29, 0.717) is 6.54 Å². The molecular weight excluding hydrogens is 416 g/mol. The second kappa shape index (κ2) is 10.9. The van der Waals surface area contributed by atoms with Crippen LogP contribution in [0.15, 0.2) is 65.9 Å². The molecule has 2 aromatic carbocycles. The van der Waals surface area contributed by atoms with E-state index >= 15 is 0 Å². The smallest absolute Gasteiger partial charge is 0.194 e. The van der Waals surface area contributed by atoms with Crippen molar-refractivity contribution in [1.29, 1.82) is 0 Å². The number of nitrogens with one attached hydrogen (secondary N) is 1. The molecule has 8 heteroatoms. The first-order valence-corrected chi connectivity index (χ1v) is 11.2. The third-order valence-corrected chi connectivity index (χ3v) is 5.87. The number of aromatic nitrogens is 2. The average molecular weight is 449 g/mol. The fourth-order valence-electron chi connectivity index (χ4n) is 4.10. The molecule has 33 heavy (non-hydrogen) atoms. The highest BCUT2D eigenvalue weighted by molar-refractivity contribution is 5.80. The second-order valence-electron chi connectivity index (χ2n) is 7.97. The van der Waals surface area contributed by atoms with Gasteiger partial charge in [0.05, 0.1) is 19.9 Å². The maximum Gasteiger partial charge on any atom is 0.194 e. The summed E-state index contributed by atoms with van der Waals surface area (Å²) in [6.07, 6.45) is 3.74. The first-order valence-electron chi connectivity index (χ1n) is 11.2. The molecule has 8 nitrogen and oxygen atoms in total. The van der Waals surface area contributed by atoms with Gasteiger partial charge in [-0.1, -0.05) is 18.2 Å². The number of ether oxygens (including phenoxy) is 2. The number of hydrogen-bond acceptors (Lipinski definition) is 5. The highest BCUT2D eigenvalue weighted by Crippen LogP contribution is 2.28. The Bertz CT molecular complexity index is 1060. The second-order valence-corrected chi connectivity index (χ2v) is 7.97. The lowest BCUT2D eigenvalue weighted by Gasteiger charge is -2.36. The van der Waals surface area contributed by atoms with E-state index in [2.05, 4.69) is 61.6 Å². The van der Waals surface area contributed by atoms with Gasteiger partial charge in [0, 0.05) is 58.7 Å². The van der Waals surface area contributed by atoms with E-state index in [4.69, 9.17) is 9.47 Å². The number of piperazine rings is 1. The van der Waals surface area contributed by atoms with E-state index in [-0.39, 0.29) is 0 Å². The molecule has 0 bridgehead atoms. The molecular formula is C25H32N6O2. The van der Waals surface area contributed by atoms with Gasteiger partial charge < -0.3 is 19.7 Å². The Morgan fingerprint density at radius 2 is 1.79 bits per heavy atom. The topological polar surface area (TPSA) is 67.2 Å². The fourth-order valence-corrected chi connectivity index (χ4v) is 4.10. The predicted molar refractivity (Wildman–Crippen MR) is 130 cm³/mol. The van der Waals surface area contributed by atoms with Crippen LogP contribution >= 0.6 is 0 Å². The summed E-state index contributed by atoms with van der Waals surface area (Å²) in [5.74, 6) is 2.47. The number of guanidine groups is 1. The van der Waals surface area contributed by atoms with Crippen LogP contribution in [0.2, 0.25) is 0 Å². The lowest BCUT2D eigenvalue weighted by molar-refractivity contribution is 0.172. The zero-order chi connectivity index (χ0) is 23.0. The first kappa shape index (κ1) is 22.7. The molecule has 1 saturated heterocycles. The number of aliphatic imine (C=N–C) groups is 1. The summed E-state index contributed by atoms with van der Waals surface area (Å²) in [5, 5.41) is 7.83. The van der Waals surface area contributed by atoms with E-state index in [0.717, 1.165) is 55.9 Å². The number of benzene rings is 2. The summed E-state index contributed by atoms with van der Waals surface area (Å²) < 4.78 is 12.7. The van der Waals surface area contributed by atoms with Gasteiger partial charge in [0.25, 0.3) is 0 Å². The monoisotopic (exact) mass is 448 g/mol. The molecule has 0 spiro atoms. The Labute approximate surface area is 195 Å². The van der Waals surface area contributed by atoms with Crippen molar-refractivity contribution in [2.75, 3.05) is 47.4 Å². The van der Waals surface area contributed by atoms with Crippen LogP contribution in [0.1, 0.15) is 11.1 Å². The van der Waals surface area contributed by atoms with Gasteiger partial charge in [0.15, 0.2) is 17.5 Å². The van der Waals surface area contributed by atoms with Crippen LogP contribution in [0.3, 0.4) is 0 Å². The Morgan fingerprint density at radius 3 is 2.48 bits per heavy atom. The van der Waals surface area contributed by atoms with Crippen LogP contribution in [-0.2, 0) is 13.1 Å². The minimum Gasteiger partial charge on any atom is -0.493 e. The van der Waals surface area contributed by atoms with Crippen LogP contribution in [0.4, 0.5) is 0 Å². The van der Waals surface area contributed by atoms with Crippen molar-refractivity contribution in [3.8, 4) is 17.2 Å². The molecule has 0 atom stereocenters. The highest BCUT2D eigenvalue weighted by atomic mass is 16.5. The Kier molecular flexibility index (Phi) is 7.47. The van der Waals surface area contributed by atoms with Crippen LogP contribution in [0.5, 0.6) is 11.5 Å². The van der Waals surface area contributed by atoms with Crippen LogP contribution < -0.4 is 14.8 Å². The van der Waals surface area contributed by atoms with Gasteiger partial charge in [0.2, 0.25) is 0 Å². The normalized spacial score (nSPS) is 14.9. The van der Waals surface area contributed by atoms with Gasteiger partial charge in [-0.2, -0.15) is 5.10 Å². The molecule has 3 aromatic rings. The molecule has 0 aliphatic carbocycles. The number of nitrogens with zero attached hydrogens (tertiary/aromatic N) is 5. The van der Waals surface area contributed by atoms with Gasteiger partial charge in [0.1, 0.15) is 0 Å². The third-order valence-electron chi connectivity index (χ3n) is 5.87. The van der Waals surface area contributed by atoms with E-state index in [9.17, 15) is 0 Å². The van der Waals surface area contributed by atoms with Gasteiger partial charge >= 0.3 is 0 Å². The number of rotatable bonds is 7. The molecule has 4 rings (SSSR count). The zero-order valence-corrected chi connectivity index (χ0v) is 19.6. The SMILES string of the molecule is CN=C(NCc1cccc(-n2cccn2)c1)N1CCN(Cc2ccc(OC)c(OC)c2)CC1. The van der Waals surface area contributed by atoms with Gasteiger partial charge in [-0.15, -0.1) is 0 Å². The predicted octanol–water partition coefficient (Wildman–Crippen LogP) is 2.78. The Morgan fingerprint density at radius 1 is 0.970 bits per heavy atom. The zero-order valence-electron chi connectivity index (χ0n) is 19.6. The minimum atomic E-state index is 0.716. The Balaban J connectivity index is 1.29. The molecule has 0 amide bonds.